The highest BCUT2D eigenvalue weighted by atomic mass is 16.5. The number of hydrogen-bond acceptors (Lipinski definition) is 5. The molecule has 1 aliphatic heterocycles. The number of aryl methyl sites for hydroxylation is 1. The number of aromatic nitrogens is 1. The molecule has 2 atom stereocenters. The van der Waals surface area contributed by atoms with E-state index in [1.165, 1.54) is 19.3 Å². The SMILES string of the molecule is Cc1cc(CN2CCCCCC2CC(O)c2ccco2)no1. The zero-order valence-electron chi connectivity index (χ0n) is 13.1. The molecule has 0 bridgehead atoms. The maximum absolute atomic E-state index is 10.4. The Balaban J connectivity index is 1.67. The smallest absolute Gasteiger partial charge is 0.133 e. The minimum Gasteiger partial charge on any atom is -0.467 e. The summed E-state index contributed by atoms with van der Waals surface area (Å²) in [7, 11) is 0. The van der Waals surface area contributed by atoms with Gasteiger partial charge in [-0.15, -0.1) is 0 Å². The number of furan rings is 1. The van der Waals surface area contributed by atoms with Gasteiger partial charge in [-0.25, -0.2) is 0 Å². The Morgan fingerprint density at radius 3 is 3.05 bits per heavy atom. The van der Waals surface area contributed by atoms with Gasteiger partial charge in [0.05, 0.1) is 12.0 Å². The molecule has 0 saturated carbocycles. The van der Waals surface area contributed by atoms with Crippen LogP contribution in [-0.4, -0.2) is 27.7 Å². The summed E-state index contributed by atoms with van der Waals surface area (Å²) in [5, 5.41) is 14.5. The van der Waals surface area contributed by atoms with Crippen molar-refractivity contribution >= 4 is 0 Å². The van der Waals surface area contributed by atoms with Gasteiger partial charge in [-0.3, -0.25) is 4.90 Å². The summed E-state index contributed by atoms with van der Waals surface area (Å²) in [6.07, 6.45) is 6.54. The van der Waals surface area contributed by atoms with Gasteiger partial charge in [0, 0.05) is 18.7 Å². The zero-order chi connectivity index (χ0) is 15.4. The van der Waals surface area contributed by atoms with Gasteiger partial charge in [-0.2, -0.15) is 0 Å². The number of likely N-dealkylation sites (tertiary alicyclic amines) is 1. The highest BCUT2D eigenvalue weighted by Crippen LogP contribution is 2.27. The lowest BCUT2D eigenvalue weighted by atomic mass is 10.0. The predicted octanol–water partition coefficient (Wildman–Crippen LogP) is 3.44. The molecule has 0 amide bonds. The second kappa shape index (κ2) is 7.11. The third-order valence-corrected chi connectivity index (χ3v) is 4.41. The van der Waals surface area contributed by atoms with E-state index in [1.54, 1.807) is 6.26 Å². The first kappa shape index (κ1) is 15.3. The van der Waals surface area contributed by atoms with Crippen LogP contribution in [0.2, 0.25) is 0 Å². The molecule has 0 spiro atoms. The van der Waals surface area contributed by atoms with Gasteiger partial charge >= 0.3 is 0 Å². The molecule has 0 radical (unpaired) electrons. The van der Waals surface area contributed by atoms with Crippen molar-refractivity contribution in [3.05, 3.63) is 41.7 Å². The molecule has 1 N–H and O–H groups in total. The Labute approximate surface area is 130 Å². The van der Waals surface area contributed by atoms with Crippen molar-refractivity contribution in [1.29, 1.82) is 0 Å². The van der Waals surface area contributed by atoms with Crippen molar-refractivity contribution in [1.82, 2.24) is 10.1 Å². The van der Waals surface area contributed by atoms with Crippen LogP contribution in [0.1, 0.15) is 55.4 Å². The molecule has 0 aromatic carbocycles. The molecule has 1 aliphatic rings. The lowest BCUT2D eigenvalue weighted by Crippen LogP contribution is -2.35. The second-order valence-electron chi connectivity index (χ2n) is 6.17. The normalized spacial score (nSPS) is 21.6. The summed E-state index contributed by atoms with van der Waals surface area (Å²) in [4.78, 5) is 2.43. The van der Waals surface area contributed by atoms with Gasteiger partial charge in [-0.05, 0) is 44.9 Å². The van der Waals surface area contributed by atoms with Crippen LogP contribution < -0.4 is 0 Å². The van der Waals surface area contributed by atoms with Crippen LogP contribution in [0, 0.1) is 6.92 Å². The standard InChI is InChI=1S/C17H24N2O3/c1-13-10-14(18-22-13)12-19-8-4-2-3-6-15(19)11-16(20)17-7-5-9-21-17/h5,7,9-10,15-16,20H,2-4,6,8,11-12H2,1H3. The van der Waals surface area contributed by atoms with Gasteiger partial charge in [0.15, 0.2) is 0 Å². The van der Waals surface area contributed by atoms with E-state index < -0.39 is 6.10 Å². The molecule has 22 heavy (non-hydrogen) atoms. The van der Waals surface area contributed by atoms with E-state index in [0.29, 0.717) is 18.2 Å². The Morgan fingerprint density at radius 2 is 2.32 bits per heavy atom. The van der Waals surface area contributed by atoms with Gasteiger partial charge < -0.3 is 14.0 Å². The maximum atomic E-state index is 10.4. The van der Waals surface area contributed by atoms with Crippen LogP contribution in [0.5, 0.6) is 0 Å². The van der Waals surface area contributed by atoms with Crippen molar-refractivity contribution < 1.29 is 14.0 Å². The largest absolute Gasteiger partial charge is 0.467 e. The number of nitrogens with zero attached hydrogens (tertiary/aromatic N) is 2. The van der Waals surface area contributed by atoms with Crippen molar-refractivity contribution in [2.75, 3.05) is 6.54 Å². The third kappa shape index (κ3) is 3.78. The number of hydrogen-bond donors (Lipinski definition) is 1. The summed E-state index contributed by atoms with van der Waals surface area (Å²) >= 11 is 0. The first-order chi connectivity index (χ1) is 10.7. The molecule has 5 heteroatoms. The lowest BCUT2D eigenvalue weighted by Gasteiger charge is -2.30. The Kier molecular flexibility index (Phi) is 4.95. The van der Waals surface area contributed by atoms with Crippen LogP contribution in [0.4, 0.5) is 0 Å². The summed E-state index contributed by atoms with van der Waals surface area (Å²) < 4.78 is 10.5. The van der Waals surface area contributed by atoms with Crippen LogP contribution in [0.3, 0.4) is 0 Å². The van der Waals surface area contributed by atoms with E-state index in [4.69, 9.17) is 8.94 Å². The zero-order valence-corrected chi connectivity index (χ0v) is 13.1. The summed E-state index contributed by atoms with van der Waals surface area (Å²) in [5.74, 6) is 1.50. The first-order valence-corrected chi connectivity index (χ1v) is 8.10. The molecule has 0 aliphatic carbocycles. The molecule has 2 aromatic rings. The third-order valence-electron chi connectivity index (χ3n) is 4.41. The fourth-order valence-corrected chi connectivity index (χ4v) is 3.27. The molecule has 2 aromatic heterocycles. The topological polar surface area (TPSA) is 62.6 Å². The van der Waals surface area contributed by atoms with E-state index >= 15 is 0 Å². The second-order valence-corrected chi connectivity index (χ2v) is 6.17. The fraction of sp³-hybridized carbons (Fsp3) is 0.588. The molecule has 1 saturated heterocycles. The average Bonchev–Trinajstić information content (AvgIpc) is 3.12. The number of aliphatic hydroxyl groups is 1. The quantitative estimate of drug-likeness (QED) is 0.916. The van der Waals surface area contributed by atoms with E-state index in [1.807, 2.05) is 25.1 Å². The molecular formula is C17H24N2O3. The minimum absolute atomic E-state index is 0.347. The summed E-state index contributed by atoms with van der Waals surface area (Å²) in [6, 6.07) is 6.00. The predicted molar refractivity (Wildman–Crippen MR) is 82.2 cm³/mol. The van der Waals surface area contributed by atoms with Crippen LogP contribution in [0.15, 0.2) is 33.4 Å². The highest BCUT2D eigenvalue weighted by molar-refractivity contribution is 5.05. The fourth-order valence-electron chi connectivity index (χ4n) is 3.27. The molecule has 2 unspecified atom stereocenters. The van der Waals surface area contributed by atoms with Gasteiger partial charge in [0.1, 0.15) is 17.6 Å². The van der Waals surface area contributed by atoms with E-state index in [0.717, 1.165) is 31.0 Å². The number of aliphatic hydroxyl groups excluding tert-OH is 1. The summed E-state index contributed by atoms with van der Waals surface area (Å²) in [5.41, 5.74) is 0.969. The minimum atomic E-state index is -0.542. The molecule has 120 valence electrons. The maximum Gasteiger partial charge on any atom is 0.133 e. The Bertz CT molecular complexity index is 564. The van der Waals surface area contributed by atoms with E-state index in [-0.39, 0.29) is 0 Å². The monoisotopic (exact) mass is 304 g/mol. The Hall–Kier alpha value is -1.59. The molecule has 3 heterocycles. The molecule has 3 rings (SSSR count). The van der Waals surface area contributed by atoms with Crippen molar-refractivity contribution in [3.63, 3.8) is 0 Å². The van der Waals surface area contributed by atoms with Gasteiger partial charge in [0.2, 0.25) is 0 Å². The van der Waals surface area contributed by atoms with Crippen molar-refractivity contribution in [2.45, 2.75) is 57.7 Å². The van der Waals surface area contributed by atoms with E-state index in [9.17, 15) is 5.11 Å². The van der Waals surface area contributed by atoms with Crippen LogP contribution in [0.25, 0.3) is 0 Å². The highest BCUT2D eigenvalue weighted by Gasteiger charge is 2.26. The lowest BCUT2D eigenvalue weighted by molar-refractivity contribution is 0.0820. The number of rotatable bonds is 5. The van der Waals surface area contributed by atoms with Gasteiger partial charge in [0.25, 0.3) is 0 Å². The van der Waals surface area contributed by atoms with Crippen LogP contribution in [-0.2, 0) is 6.54 Å². The summed E-state index contributed by atoms with van der Waals surface area (Å²) in [6.45, 7) is 3.74. The molecule has 1 fully saturated rings. The molecular weight excluding hydrogens is 280 g/mol. The first-order valence-electron chi connectivity index (χ1n) is 8.10. The van der Waals surface area contributed by atoms with Gasteiger partial charge in [-0.1, -0.05) is 18.0 Å². The van der Waals surface area contributed by atoms with E-state index in [2.05, 4.69) is 10.1 Å². The Morgan fingerprint density at radius 1 is 1.41 bits per heavy atom. The molecule has 5 nitrogen and oxygen atoms in total. The van der Waals surface area contributed by atoms with Crippen molar-refractivity contribution in [2.24, 2.45) is 0 Å². The van der Waals surface area contributed by atoms with Crippen LogP contribution >= 0.6 is 0 Å². The average molecular weight is 304 g/mol. The van der Waals surface area contributed by atoms with Crippen molar-refractivity contribution in [3.8, 4) is 0 Å².